The third kappa shape index (κ3) is 6.79. The molecule has 2 aromatic rings. The normalized spacial score (nSPS) is 22.3. The Balaban J connectivity index is 1.41. The van der Waals surface area contributed by atoms with Crippen molar-refractivity contribution in [3.63, 3.8) is 0 Å². The lowest BCUT2D eigenvalue weighted by Crippen LogP contribution is -2.53. The maximum atomic E-state index is 13.8. The van der Waals surface area contributed by atoms with Gasteiger partial charge in [0.1, 0.15) is 17.6 Å². The first-order valence-electron chi connectivity index (χ1n) is 14.4. The predicted molar refractivity (Wildman–Crippen MR) is 149 cm³/mol. The van der Waals surface area contributed by atoms with Crippen LogP contribution in [0.5, 0.6) is 5.75 Å². The number of carbonyl (C=O) groups is 2. The number of ether oxygens (including phenoxy) is 1. The number of amides is 2. The molecule has 2 heterocycles. The molecule has 3 aliphatic rings. The average Bonchev–Trinajstić information content (AvgIpc) is 3.43. The molecule has 2 aromatic carbocycles. The Morgan fingerprint density at radius 3 is 2.51 bits per heavy atom. The van der Waals surface area contributed by atoms with Crippen molar-refractivity contribution in [3.05, 3.63) is 65.5 Å². The van der Waals surface area contributed by atoms with Crippen molar-refractivity contribution in [2.75, 3.05) is 46.4 Å². The SMILES string of the molecule is COc1cccc(CN(CC2CCCCC2)C2CC(C(=O)N3CCNCC3)N(C(=O)c3ccc(F)cc3)C2)c1. The lowest BCUT2D eigenvalue weighted by molar-refractivity contribution is -0.135. The summed E-state index contributed by atoms with van der Waals surface area (Å²) in [6, 6.07) is 13.4. The summed E-state index contributed by atoms with van der Waals surface area (Å²) in [7, 11) is 1.68. The number of halogens is 1. The summed E-state index contributed by atoms with van der Waals surface area (Å²) in [4.78, 5) is 33.7. The van der Waals surface area contributed by atoms with Crippen LogP contribution in [0.4, 0.5) is 4.39 Å². The molecule has 2 saturated heterocycles. The van der Waals surface area contributed by atoms with E-state index in [1.54, 1.807) is 12.0 Å². The Morgan fingerprint density at radius 1 is 1.05 bits per heavy atom. The zero-order chi connectivity index (χ0) is 27.2. The van der Waals surface area contributed by atoms with Crippen LogP contribution in [0.1, 0.15) is 54.4 Å². The van der Waals surface area contributed by atoms with Gasteiger partial charge in [-0.1, -0.05) is 31.4 Å². The summed E-state index contributed by atoms with van der Waals surface area (Å²) in [5.41, 5.74) is 1.58. The Bertz CT molecular complexity index is 1120. The highest BCUT2D eigenvalue weighted by molar-refractivity contribution is 5.98. The number of piperazine rings is 1. The van der Waals surface area contributed by atoms with E-state index in [9.17, 15) is 14.0 Å². The second-order valence-electron chi connectivity index (χ2n) is 11.2. The van der Waals surface area contributed by atoms with E-state index in [1.807, 2.05) is 17.0 Å². The van der Waals surface area contributed by atoms with Gasteiger partial charge >= 0.3 is 0 Å². The Labute approximate surface area is 231 Å². The number of methoxy groups -OCH3 is 1. The van der Waals surface area contributed by atoms with Gasteiger partial charge in [-0.3, -0.25) is 14.5 Å². The molecule has 8 heteroatoms. The molecule has 2 amide bonds. The molecule has 7 nitrogen and oxygen atoms in total. The zero-order valence-electron chi connectivity index (χ0n) is 23.0. The van der Waals surface area contributed by atoms with E-state index in [0.717, 1.165) is 31.9 Å². The van der Waals surface area contributed by atoms with Gasteiger partial charge in [0, 0.05) is 57.4 Å². The van der Waals surface area contributed by atoms with Gasteiger partial charge < -0.3 is 19.9 Å². The van der Waals surface area contributed by atoms with Gasteiger partial charge in [0.2, 0.25) is 5.91 Å². The van der Waals surface area contributed by atoms with Crippen molar-refractivity contribution in [1.29, 1.82) is 0 Å². The highest BCUT2D eigenvalue weighted by Crippen LogP contribution is 2.31. The number of rotatable bonds is 8. The number of nitrogens with one attached hydrogen (secondary N) is 1. The van der Waals surface area contributed by atoms with Crippen molar-refractivity contribution in [2.45, 2.75) is 57.2 Å². The third-order valence-corrected chi connectivity index (χ3v) is 8.60. The van der Waals surface area contributed by atoms with Crippen molar-refractivity contribution >= 4 is 11.8 Å². The average molecular weight is 537 g/mol. The maximum Gasteiger partial charge on any atom is 0.254 e. The molecule has 210 valence electrons. The van der Waals surface area contributed by atoms with Crippen LogP contribution in [-0.2, 0) is 11.3 Å². The molecule has 2 unspecified atom stereocenters. The van der Waals surface area contributed by atoms with E-state index in [0.29, 0.717) is 37.5 Å². The molecular weight excluding hydrogens is 495 g/mol. The fraction of sp³-hybridized carbons (Fsp3) is 0.548. The van der Waals surface area contributed by atoms with E-state index in [1.165, 1.54) is 61.9 Å². The number of benzene rings is 2. The lowest BCUT2D eigenvalue weighted by Gasteiger charge is -2.34. The molecule has 39 heavy (non-hydrogen) atoms. The molecule has 2 atom stereocenters. The number of carbonyl (C=O) groups excluding carboxylic acids is 2. The number of likely N-dealkylation sites (tertiary alicyclic amines) is 1. The Morgan fingerprint density at radius 2 is 1.79 bits per heavy atom. The van der Waals surface area contributed by atoms with Gasteiger partial charge in [-0.15, -0.1) is 0 Å². The smallest absolute Gasteiger partial charge is 0.254 e. The minimum absolute atomic E-state index is 0.0217. The minimum Gasteiger partial charge on any atom is -0.497 e. The molecule has 0 aromatic heterocycles. The highest BCUT2D eigenvalue weighted by atomic mass is 19.1. The first-order valence-corrected chi connectivity index (χ1v) is 14.4. The summed E-state index contributed by atoms with van der Waals surface area (Å²) in [5, 5.41) is 3.31. The largest absolute Gasteiger partial charge is 0.497 e. The van der Waals surface area contributed by atoms with Crippen LogP contribution < -0.4 is 10.1 Å². The quantitative estimate of drug-likeness (QED) is 0.554. The standard InChI is InChI=1S/C31H41FN4O3/c1-39-28-9-5-8-24(18-28)21-35(20-23-6-3-2-4-7-23)27-19-29(31(38)34-16-14-33-15-17-34)36(22-27)30(37)25-10-12-26(32)13-11-25/h5,8-13,18,23,27,29,33H,2-4,6-7,14-17,19-22H2,1H3. The monoisotopic (exact) mass is 536 g/mol. The van der Waals surface area contributed by atoms with E-state index in [4.69, 9.17) is 4.74 Å². The first-order chi connectivity index (χ1) is 19.0. The van der Waals surface area contributed by atoms with Gasteiger partial charge in [0.15, 0.2) is 0 Å². The van der Waals surface area contributed by atoms with Crippen LogP contribution in [0, 0.1) is 11.7 Å². The Kier molecular flexibility index (Phi) is 9.14. The second kappa shape index (κ2) is 12.9. The number of hydrogen-bond acceptors (Lipinski definition) is 5. The van der Waals surface area contributed by atoms with E-state index in [2.05, 4.69) is 22.3 Å². The van der Waals surface area contributed by atoms with E-state index in [-0.39, 0.29) is 23.7 Å². The fourth-order valence-corrected chi connectivity index (χ4v) is 6.44. The molecule has 5 rings (SSSR count). The van der Waals surface area contributed by atoms with Gasteiger partial charge in [0.05, 0.1) is 7.11 Å². The summed E-state index contributed by atoms with van der Waals surface area (Å²) >= 11 is 0. The van der Waals surface area contributed by atoms with Crippen molar-refractivity contribution in [1.82, 2.24) is 20.0 Å². The fourth-order valence-electron chi connectivity index (χ4n) is 6.44. The van der Waals surface area contributed by atoms with E-state index >= 15 is 0 Å². The maximum absolute atomic E-state index is 13.8. The molecular formula is C31H41FN4O3. The van der Waals surface area contributed by atoms with Crippen LogP contribution in [0.2, 0.25) is 0 Å². The lowest BCUT2D eigenvalue weighted by atomic mass is 9.88. The van der Waals surface area contributed by atoms with Gasteiger partial charge in [-0.25, -0.2) is 4.39 Å². The third-order valence-electron chi connectivity index (χ3n) is 8.60. The van der Waals surface area contributed by atoms with Gasteiger partial charge in [0.25, 0.3) is 5.91 Å². The summed E-state index contributed by atoms with van der Waals surface area (Å²) in [5.74, 6) is 0.889. The molecule has 0 radical (unpaired) electrons. The van der Waals surface area contributed by atoms with Crippen LogP contribution >= 0.6 is 0 Å². The molecule has 0 spiro atoms. The molecule has 1 saturated carbocycles. The molecule has 1 N–H and O–H groups in total. The van der Waals surface area contributed by atoms with Crippen molar-refractivity contribution in [2.24, 2.45) is 5.92 Å². The van der Waals surface area contributed by atoms with Gasteiger partial charge in [-0.05, 0) is 67.1 Å². The summed E-state index contributed by atoms with van der Waals surface area (Å²) in [6.07, 6.45) is 6.89. The topological polar surface area (TPSA) is 65.1 Å². The van der Waals surface area contributed by atoms with Crippen LogP contribution in [0.15, 0.2) is 48.5 Å². The summed E-state index contributed by atoms with van der Waals surface area (Å²) in [6.45, 7) is 4.99. The van der Waals surface area contributed by atoms with Crippen LogP contribution in [-0.4, -0.2) is 85.0 Å². The highest BCUT2D eigenvalue weighted by Gasteiger charge is 2.44. The first kappa shape index (κ1) is 27.6. The van der Waals surface area contributed by atoms with Crippen LogP contribution in [0.25, 0.3) is 0 Å². The van der Waals surface area contributed by atoms with Crippen molar-refractivity contribution in [3.8, 4) is 5.75 Å². The molecule has 0 bridgehead atoms. The number of nitrogens with zero attached hydrogens (tertiary/aromatic N) is 3. The Hall–Kier alpha value is -2.97. The molecule has 2 aliphatic heterocycles. The second-order valence-corrected chi connectivity index (χ2v) is 11.2. The molecule has 1 aliphatic carbocycles. The van der Waals surface area contributed by atoms with Crippen LogP contribution in [0.3, 0.4) is 0 Å². The predicted octanol–water partition coefficient (Wildman–Crippen LogP) is 3.93. The zero-order valence-corrected chi connectivity index (χ0v) is 23.0. The molecule has 3 fully saturated rings. The minimum atomic E-state index is -0.523. The number of hydrogen-bond donors (Lipinski definition) is 1. The van der Waals surface area contributed by atoms with Gasteiger partial charge in [-0.2, -0.15) is 0 Å². The van der Waals surface area contributed by atoms with Crippen molar-refractivity contribution < 1.29 is 18.7 Å². The summed E-state index contributed by atoms with van der Waals surface area (Å²) < 4.78 is 19.1. The van der Waals surface area contributed by atoms with E-state index < -0.39 is 6.04 Å².